The molecule has 3 aromatic rings. The van der Waals surface area contributed by atoms with E-state index in [0.717, 1.165) is 24.5 Å². The van der Waals surface area contributed by atoms with Crippen LogP contribution in [0.15, 0.2) is 59.5 Å². The van der Waals surface area contributed by atoms with E-state index in [4.69, 9.17) is 0 Å². The number of hydrogen-bond donors (Lipinski definition) is 0. The molecule has 1 aromatic heterocycles. The van der Waals surface area contributed by atoms with Crippen LogP contribution in [-0.2, 0) is 16.2 Å². The molecule has 1 atom stereocenters. The van der Waals surface area contributed by atoms with Gasteiger partial charge in [0.2, 0.25) is 10.0 Å². The van der Waals surface area contributed by atoms with Crippen molar-refractivity contribution in [3.05, 3.63) is 65.9 Å². The van der Waals surface area contributed by atoms with Crippen molar-refractivity contribution in [1.29, 1.82) is 0 Å². The molecule has 0 unspecified atom stereocenters. The molecule has 4 rings (SSSR count). The number of aromatic nitrogens is 2. The molecule has 1 saturated heterocycles. The second-order valence-electron chi connectivity index (χ2n) is 8.75. The van der Waals surface area contributed by atoms with Crippen molar-refractivity contribution in [3.63, 3.8) is 0 Å². The third-order valence-corrected chi connectivity index (χ3v) is 7.99. The van der Waals surface area contributed by atoms with Gasteiger partial charge in [0.05, 0.1) is 16.3 Å². The summed E-state index contributed by atoms with van der Waals surface area (Å²) in [6.45, 7) is 6.37. The lowest BCUT2D eigenvalue weighted by Gasteiger charge is -2.27. The highest BCUT2D eigenvalue weighted by Gasteiger charge is 2.37. The van der Waals surface area contributed by atoms with Crippen molar-refractivity contribution in [2.75, 3.05) is 6.54 Å². The predicted molar refractivity (Wildman–Crippen MR) is 120 cm³/mol. The Hall–Kier alpha value is -2.65. The Labute approximate surface area is 191 Å². The Kier molecular flexibility index (Phi) is 6.13. The fourth-order valence-electron chi connectivity index (χ4n) is 4.27. The molecule has 9 heteroatoms. The molecule has 1 aliphatic heterocycles. The normalized spacial score (nSPS) is 17.7. The molecule has 176 valence electrons. The number of rotatable bonds is 5. The SMILES string of the molecule is Cc1ccc(-c2cc(C(F)(F)F)nn2-c2ccc(S(=O)(=O)N3CCC[C@@H]3C(C)C)cc2)cc1. The smallest absolute Gasteiger partial charge is 0.233 e. The number of nitrogens with zero attached hydrogens (tertiary/aromatic N) is 3. The zero-order valence-electron chi connectivity index (χ0n) is 18.7. The van der Waals surface area contributed by atoms with E-state index in [2.05, 4.69) is 5.10 Å². The van der Waals surface area contributed by atoms with E-state index in [0.29, 0.717) is 17.8 Å². The van der Waals surface area contributed by atoms with Gasteiger partial charge in [-0.1, -0.05) is 43.7 Å². The van der Waals surface area contributed by atoms with Crippen molar-refractivity contribution in [2.45, 2.75) is 50.7 Å². The number of hydrogen-bond acceptors (Lipinski definition) is 3. The van der Waals surface area contributed by atoms with Gasteiger partial charge in [-0.2, -0.15) is 22.6 Å². The molecule has 0 amide bonds. The van der Waals surface area contributed by atoms with Crippen LogP contribution in [0, 0.1) is 12.8 Å². The minimum Gasteiger partial charge on any atom is -0.233 e. The summed E-state index contributed by atoms with van der Waals surface area (Å²) in [5.74, 6) is 0.198. The van der Waals surface area contributed by atoms with Crippen LogP contribution in [-0.4, -0.2) is 35.1 Å². The molecule has 0 bridgehead atoms. The Morgan fingerprint density at radius 3 is 2.24 bits per heavy atom. The van der Waals surface area contributed by atoms with Crippen LogP contribution < -0.4 is 0 Å². The van der Waals surface area contributed by atoms with E-state index >= 15 is 0 Å². The van der Waals surface area contributed by atoms with Crippen molar-refractivity contribution in [3.8, 4) is 16.9 Å². The largest absolute Gasteiger partial charge is 0.435 e. The first kappa shape index (κ1) is 23.5. The van der Waals surface area contributed by atoms with E-state index in [1.807, 2.05) is 32.9 Å². The average Bonchev–Trinajstić information content (AvgIpc) is 3.42. The number of halogens is 3. The summed E-state index contributed by atoms with van der Waals surface area (Å²) >= 11 is 0. The second-order valence-corrected chi connectivity index (χ2v) is 10.6. The summed E-state index contributed by atoms with van der Waals surface area (Å²) in [6.07, 6.45) is -2.97. The summed E-state index contributed by atoms with van der Waals surface area (Å²) in [6, 6.07) is 13.9. The van der Waals surface area contributed by atoms with Crippen molar-refractivity contribution < 1.29 is 21.6 Å². The van der Waals surface area contributed by atoms with E-state index in [9.17, 15) is 21.6 Å². The minimum atomic E-state index is -4.60. The van der Waals surface area contributed by atoms with E-state index in [-0.39, 0.29) is 22.5 Å². The van der Waals surface area contributed by atoms with Crippen LogP contribution in [0.1, 0.15) is 37.9 Å². The average molecular weight is 478 g/mol. The van der Waals surface area contributed by atoms with Gasteiger partial charge in [0.15, 0.2) is 5.69 Å². The Bertz CT molecular complexity index is 1230. The van der Waals surface area contributed by atoms with Gasteiger partial charge in [0, 0.05) is 18.2 Å². The molecule has 2 aromatic carbocycles. The second kappa shape index (κ2) is 8.61. The minimum absolute atomic E-state index is 0.0525. The fraction of sp³-hybridized carbons (Fsp3) is 0.375. The van der Waals surface area contributed by atoms with Gasteiger partial charge in [-0.15, -0.1) is 0 Å². The van der Waals surface area contributed by atoms with Crippen LogP contribution in [0.4, 0.5) is 13.2 Å². The van der Waals surface area contributed by atoms with Crippen LogP contribution in [0.5, 0.6) is 0 Å². The third-order valence-electron chi connectivity index (χ3n) is 6.05. The first-order valence-corrected chi connectivity index (χ1v) is 12.3. The van der Waals surface area contributed by atoms with Gasteiger partial charge in [0.1, 0.15) is 0 Å². The highest BCUT2D eigenvalue weighted by Crippen LogP contribution is 2.34. The quantitative estimate of drug-likeness (QED) is 0.475. The summed E-state index contributed by atoms with van der Waals surface area (Å²) in [5.41, 5.74) is 1.18. The number of alkyl halides is 3. The molecule has 0 saturated carbocycles. The molecule has 1 aliphatic rings. The maximum Gasteiger partial charge on any atom is 0.435 e. The highest BCUT2D eigenvalue weighted by molar-refractivity contribution is 7.89. The van der Waals surface area contributed by atoms with Gasteiger partial charge >= 0.3 is 6.18 Å². The fourth-order valence-corrected chi connectivity index (χ4v) is 6.10. The van der Waals surface area contributed by atoms with Gasteiger partial charge < -0.3 is 0 Å². The van der Waals surface area contributed by atoms with Crippen molar-refractivity contribution in [1.82, 2.24) is 14.1 Å². The summed E-state index contributed by atoms with van der Waals surface area (Å²) < 4.78 is 69.4. The lowest BCUT2D eigenvalue weighted by atomic mass is 10.0. The maximum absolute atomic E-state index is 13.4. The summed E-state index contributed by atoms with van der Waals surface area (Å²) in [5, 5.41) is 3.79. The third kappa shape index (κ3) is 4.56. The topological polar surface area (TPSA) is 55.2 Å². The summed E-state index contributed by atoms with van der Waals surface area (Å²) in [4.78, 5) is 0.124. The molecular formula is C24H26F3N3O2S. The van der Waals surface area contributed by atoms with Crippen LogP contribution in [0.2, 0.25) is 0 Å². The van der Waals surface area contributed by atoms with Gasteiger partial charge in [-0.3, -0.25) is 0 Å². The molecule has 0 radical (unpaired) electrons. The molecule has 33 heavy (non-hydrogen) atoms. The molecule has 0 N–H and O–H groups in total. The standard InChI is InChI=1S/C24H26F3N3O2S/c1-16(2)21-5-4-14-29(21)33(31,32)20-12-10-19(11-13-20)30-22(15-23(28-30)24(25,26)27)18-8-6-17(3)7-9-18/h6-13,15-16,21H,4-5,14H2,1-3H3/t21-/m1/s1. The predicted octanol–water partition coefficient (Wildman–Crippen LogP) is 5.68. The monoisotopic (exact) mass is 477 g/mol. The molecular weight excluding hydrogens is 451 g/mol. The van der Waals surface area contributed by atoms with Gasteiger partial charge in [-0.05, 0) is 56.0 Å². The molecule has 5 nitrogen and oxygen atoms in total. The Morgan fingerprint density at radius 1 is 1.03 bits per heavy atom. The highest BCUT2D eigenvalue weighted by atomic mass is 32.2. The lowest BCUT2D eigenvalue weighted by Crippen LogP contribution is -2.38. The first-order valence-electron chi connectivity index (χ1n) is 10.8. The maximum atomic E-state index is 13.4. The lowest BCUT2D eigenvalue weighted by molar-refractivity contribution is -0.141. The first-order chi connectivity index (χ1) is 15.5. The summed E-state index contributed by atoms with van der Waals surface area (Å²) in [7, 11) is -3.69. The van der Waals surface area contributed by atoms with E-state index in [1.54, 1.807) is 16.4 Å². The van der Waals surface area contributed by atoms with Gasteiger partial charge in [-0.25, -0.2) is 13.1 Å². The zero-order chi connectivity index (χ0) is 24.0. The number of aryl methyl sites for hydroxylation is 1. The molecule has 0 spiro atoms. The zero-order valence-corrected chi connectivity index (χ0v) is 19.5. The Morgan fingerprint density at radius 2 is 1.67 bits per heavy atom. The Balaban J connectivity index is 1.73. The molecule has 0 aliphatic carbocycles. The van der Waals surface area contributed by atoms with Crippen LogP contribution >= 0.6 is 0 Å². The van der Waals surface area contributed by atoms with E-state index in [1.165, 1.54) is 28.9 Å². The van der Waals surface area contributed by atoms with Crippen LogP contribution in [0.3, 0.4) is 0 Å². The molecule has 2 heterocycles. The van der Waals surface area contributed by atoms with Crippen molar-refractivity contribution >= 4 is 10.0 Å². The van der Waals surface area contributed by atoms with E-state index < -0.39 is 21.9 Å². The number of sulfonamides is 1. The van der Waals surface area contributed by atoms with Crippen molar-refractivity contribution in [2.24, 2.45) is 5.92 Å². The van der Waals surface area contributed by atoms with Crippen LogP contribution in [0.25, 0.3) is 16.9 Å². The number of benzene rings is 2. The molecule has 1 fully saturated rings. The van der Waals surface area contributed by atoms with Gasteiger partial charge in [0.25, 0.3) is 0 Å².